The van der Waals surface area contributed by atoms with Gasteiger partial charge in [-0.3, -0.25) is 9.67 Å². The SMILES string of the molecule is CCNC(=NCCc1ccc(N(C)C)cc1)N1CCOC(c2cnn(C)c2)C1.I. The molecule has 3 rings (SSSR count). The molecule has 29 heavy (non-hydrogen) atoms. The normalized spacial score (nSPS) is 17.0. The molecule has 7 nitrogen and oxygen atoms in total. The van der Waals surface area contributed by atoms with Crippen LogP contribution in [0, 0.1) is 0 Å². The summed E-state index contributed by atoms with van der Waals surface area (Å²) in [6, 6.07) is 8.69. The zero-order valence-electron chi connectivity index (χ0n) is 17.8. The Labute approximate surface area is 191 Å². The maximum atomic E-state index is 5.96. The number of ether oxygens (including phenoxy) is 1. The molecule has 0 saturated carbocycles. The number of nitrogens with zero attached hydrogens (tertiary/aromatic N) is 5. The van der Waals surface area contributed by atoms with Crippen molar-refractivity contribution in [2.24, 2.45) is 12.0 Å². The van der Waals surface area contributed by atoms with Crippen molar-refractivity contribution in [3.63, 3.8) is 0 Å². The molecule has 0 radical (unpaired) electrons. The molecule has 0 bridgehead atoms. The molecule has 2 heterocycles. The summed E-state index contributed by atoms with van der Waals surface area (Å²) in [5.41, 5.74) is 3.64. The topological polar surface area (TPSA) is 57.9 Å². The number of hydrogen-bond donors (Lipinski definition) is 1. The van der Waals surface area contributed by atoms with Crippen molar-refractivity contribution in [3.8, 4) is 0 Å². The monoisotopic (exact) mass is 512 g/mol. The molecule has 1 fully saturated rings. The predicted octanol–water partition coefficient (Wildman–Crippen LogP) is 2.69. The first-order valence-electron chi connectivity index (χ1n) is 9.96. The molecule has 1 aliphatic heterocycles. The standard InChI is InChI=1S/C21H32N6O.HI/c1-5-22-21(23-11-10-17-6-8-19(9-7-17)25(2)3)27-12-13-28-20(16-27)18-14-24-26(4)15-18;/h6-9,14-15,20H,5,10-13,16H2,1-4H3,(H,22,23);1H. The number of benzene rings is 1. The van der Waals surface area contributed by atoms with Crippen LogP contribution in [-0.4, -0.2) is 67.5 Å². The first-order valence-corrected chi connectivity index (χ1v) is 9.96. The van der Waals surface area contributed by atoms with Crippen molar-refractivity contribution in [3.05, 3.63) is 47.8 Å². The second kappa shape index (κ2) is 11.4. The molecule has 1 saturated heterocycles. The van der Waals surface area contributed by atoms with Crippen molar-refractivity contribution in [2.75, 3.05) is 51.8 Å². The highest BCUT2D eigenvalue weighted by atomic mass is 127. The van der Waals surface area contributed by atoms with Crippen molar-refractivity contribution >= 4 is 35.6 Å². The van der Waals surface area contributed by atoms with Gasteiger partial charge in [0.2, 0.25) is 0 Å². The first kappa shape index (κ1) is 23.5. The molecule has 0 aliphatic carbocycles. The first-order chi connectivity index (χ1) is 13.6. The van der Waals surface area contributed by atoms with Crippen LogP contribution in [0.5, 0.6) is 0 Å². The van der Waals surface area contributed by atoms with Crippen molar-refractivity contribution in [1.29, 1.82) is 0 Å². The molecule has 1 unspecified atom stereocenters. The summed E-state index contributed by atoms with van der Waals surface area (Å²) in [5.74, 6) is 0.963. The molecular weight excluding hydrogens is 479 g/mol. The highest BCUT2D eigenvalue weighted by Crippen LogP contribution is 2.21. The minimum atomic E-state index is 0. The Morgan fingerprint density at radius 2 is 2.07 bits per heavy atom. The second-order valence-corrected chi connectivity index (χ2v) is 7.30. The Morgan fingerprint density at radius 1 is 1.31 bits per heavy atom. The van der Waals surface area contributed by atoms with Gasteiger partial charge in [-0.25, -0.2) is 0 Å². The van der Waals surface area contributed by atoms with Gasteiger partial charge in [0.1, 0.15) is 6.10 Å². The molecule has 1 aromatic heterocycles. The van der Waals surface area contributed by atoms with E-state index in [1.807, 2.05) is 24.1 Å². The second-order valence-electron chi connectivity index (χ2n) is 7.30. The number of nitrogens with one attached hydrogen (secondary N) is 1. The minimum Gasteiger partial charge on any atom is -0.378 e. The Bertz CT molecular complexity index is 774. The maximum absolute atomic E-state index is 5.96. The van der Waals surface area contributed by atoms with Crippen molar-refractivity contribution < 1.29 is 4.74 Å². The fourth-order valence-electron chi connectivity index (χ4n) is 3.33. The molecule has 0 amide bonds. The molecule has 1 aliphatic rings. The Hall–Kier alpha value is -1.81. The average Bonchev–Trinajstić information content (AvgIpc) is 3.14. The molecule has 1 N–H and O–H groups in total. The molecule has 160 valence electrons. The third-order valence-corrected chi connectivity index (χ3v) is 4.91. The fourth-order valence-corrected chi connectivity index (χ4v) is 3.33. The van der Waals surface area contributed by atoms with Crippen LogP contribution in [-0.2, 0) is 18.2 Å². The summed E-state index contributed by atoms with van der Waals surface area (Å²) >= 11 is 0. The van der Waals surface area contributed by atoms with Gasteiger partial charge in [0.05, 0.1) is 19.3 Å². The summed E-state index contributed by atoms with van der Waals surface area (Å²) in [4.78, 5) is 9.27. The van der Waals surface area contributed by atoms with Gasteiger partial charge in [-0.1, -0.05) is 12.1 Å². The van der Waals surface area contributed by atoms with E-state index in [2.05, 4.69) is 65.5 Å². The summed E-state index contributed by atoms with van der Waals surface area (Å²) in [6.45, 7) is 6.05. The predicted molar refractivity (Wildman–Crippen MR) is 129 cm³/mol. The molecular formula is C21H33IN6O. The van der Waals surface area contributed by atoms with Gasteiger partial charge < -0.3 is 19.9 Å². The van der Waals surface area contributed by atoms with E-state index >= 15 is 0 Å². The zero-order valence-corrected chi connectivity index (χ0v) is 20.2. The number of guanidine groups is 1. The van der Waals surface area contributed by atoms with Gasteiger partial charge in [0.15, 0.2) is 5.96 Å². The number of aromatic nitrogens is 2. The number of hydrogen-bond acceptors (Lipinski definition) is 4. The van der Waals surface area contributed by atoms with Crippen LogP contribution in [0.1, 0.15) is 24.2 Å². The van der Waals surface area contributed by atoms with Gasteiger partial charge in [-0.05, 0) is 31.0 Å². The molecule has 1 aromatic carbocycles. The van der Waals surface area contributed by atoms with E-state index in [-0.39, 0.29) is 30.1 Å². The maximum Gasteiger partial charge on any atom is 0.194 e. The van der Waals surface area contributed by atoms with Gasteiger partial charge in [0.25, 0.3) is 0 Å². The molecule has 8 heteroatoms. The third-order valence-electron chi connectivity index (χ3n) is 4.91. The van der Waals surface area contributed by atoms with E-state index < -0.39 is 0 Å². The van der Waals surface area contributed by atoms with E-state index in [0.717, 1.165) is 44.1 Å². The lowest BCUT2D eigenvalue weighted by molar-refractivity contribution is -0.00803. The highest BCUT2D eigenvalue weighted by Gasteiger charge is 2.25. The fraction of sp³-hybridized carbons (Fsp3) is 0.524. The lowest BCUT2D eigenvalue weighted by Gasteiger charge is -2.34. The van der Waals surface area contributed by atoms with Gasteiger partial charge in [-0.15, -0.1) is 24.0 Å². The zero-order chi connectivity index (χ0) is 19.9. The third kappa shape index (κ3) is 6.60. The average molecular weight is 512 g/mol. The van der Waals surface area contributed by atoms with Gasteiger partial charge >= 0.3 is 0 Å². The Morgan fingerprint density at radius 3 is 2.69 bits per heavy atom. The lowest BCUT2D eigenvalue weighted by atomic mass is 10.1. The quantitative estimate of drug-likeness (QED) is 0.367. The van der Waals surface area contributed by atoms with Crippen LogP contribution in [0.3, 0.4) is 0 Å². The number of rotatable bonds is 6. The van der Waals surface area contributed by atoms with Crippen LogP contribution >= 0.6 is 24.0 Å². The lowest BCUT2D eigenvalue weighted by Crippen LogP contribution is -2.48. The highest BCUT2D eigenvalue weighted by molar-refractivity contribution is 14.0. The van der Waals surface area contributed by atoms with Crippen LogP contribution < -0.4 is 10.2 Å². The smallest absolute Gasteiger partial charge is 0.194 e. The number of halogens is 1. The van der Waals surface area contributed by atoms with Crippen LogP contribution in [0.25, 0.3) is 0 Å². The van der Waals surface area contributed by atoms with E-state index in [4.69, 9.17) is 9.73 Å². The Balaban J connectivity index is 0.00000300. The summed E-state index contributed by atoms with van der Waals surface area (Å²) < 4.78 is 7.78. The number of aliphatic imine (C=N–C) groups is 1. The number of aryl methyl sites for hydroxylation is 1. The summed E-state index contributed by atoms with van der Waals surface area (Å²) in [5, 5.41) is 7.70. The number of morpholine rings is 1. The largest absolute Gasteiger partial charge is 0.378 e. The van der Waals surface area contributed by atoms with Gasteiger partial charge in [0, 0.05) is 58.2 Å². The molecule has 0 spiro atoms. The van der Waals surface area contributed by atoms with Crippen LogP contribution in [0.2, 0.25) is 0 Å². The van der Waals surface area contributed by atoms with Crippen molar-refractivity contribution in [2.45, 2.75) is 19.4 Å². The minimum absolute atomic E-state index is 0. The van der Waals surface area contributed by atoms with E-state index in [1.165, 1.54) is 11.3 Å². The van der Waals surface area contributed by atoms with Crippen LogP contribution in [0.15, 0.2) is 41.7 Å². The van der Waals surface area contributed by atoms with Crippen LogP contribution in [0.4, 0.5) is 5.69 Å². The van der Waals surface area contributed by atoms with Gasteiger partial charge in [-0.2, -0.15) is 5.10 Å². The number of anilines is 1. The Kier molecular flexibility index (Phi) is 9.22. The van der Waals surface area contributed by atoms with E-state index in [0.29, 0.717) is 6.61 Å². The van der Waals surface area contributed by atoms with Crippen molar-refractivity contribution in [1.82, 2.24) is 20.0 Å². The summed E-state index contributed by atoms with van der Waals surface area (Å²) in [6.07, 6.45) is 4.87. The summed E-state index contributed by atoms with van der Waals surface area (Å²) in [7, 11) is 6.05. The van der Waals surface area contributed by atoms with E-state index in [1.54, 1.807) is 0 Å². The molecule has 1 atom stereocenters. The molecule has 2 aromatic rings. The van der Waals surface area contributed by atoms with E-state index in [9.17, 15) is 0 Å².